The predicted octanol–water partition coefficient (Wildman–Crippen LogP) is 4.52. The van der Waals surface area contributed by atoms with E-state index in [1.165, 1.54) is 11.3 Å². The Hall–Kier alpha value is -2.26. The van der Waals surface area contributed by atoms with Crippen molar-refractivity contribution in [2.45, 2.75) is 6.92 Å². The first kappa shape index (κ1) is 18.5. The fourth-order valence-electron chi connectivity index (χ4n) is 2.15. The van der Waals surface area contributed by atoms with E-state index >= 15 is 0 Å². The van der Waals surface area contributed by atoms with Crippen LogP contribution in [0.2, 0.25) is 0 Å². The van der Waals surface area contributed by atoms with Gasteiger partial charge in [0.25, 0.3) is 5.91 Å². The van der Waals surface area contributed by atoms with Crippen LogP contribution in [0, 0.1) is 10.5 Å². The van der Waals surface area contributed by atoms with Crippen LogP contribution in [-0.4, -0.2) is 23.5 Å². The number of ether oxygens (including phenoxy) is 1. The summed E-state index contributed by atoms with van der Waals surface area (Å²) in [7, 11) is 0. The number of para-hydroxylation sites is 1. The van der Waals surface area contributed by atoms with Crippen LogP contribution in [0.4, 0.5) is 5.69 Å². The molecule has 0 bridgehead atoms. The molecule has 1 heterocycles. The van der Waals surface area contributed by atoms with Crippen LogP contribution in [0.1, 0.15) is 16.1 Å². The van der Waals surface area contributed by atoms with E-state index in [0.717, 1.165) is 19.7 Å². The molecule has 1 aromatic heterocycles. The fourth-order valence-corrected chi connectivity index (χ4v) is 3.47. The number of nitrogens with zero attached hydrogens (tertiary/aromatic N) is 1. The average Bonchev–Trinajstić information content (AvgIpc) is 3.12. The summed E-state index contributed by atoms with van der Waals surface area (Å²) in [5, 5.41) is 5.08. The summed E-state index contributed by atoms with van der Waals surface area (Å²) in [5.74, 6) is -1.01. The molecule has 0 fully saturated rings. The SMILES string of the molecule is Cc1ccc(-c2nc(C(=O)OCC(=O)Nc3ccccc3I)cs2)cc1. The highest BCUT2D eigenvalue weighted by molar-refractivity contribution is 14.1. The molecule has 0 radical (unpaired) electrons. The Bertz CT molecular complexity index is 938. The van der Waals surface area contributed by atoms with Crippen LogP contribution in [0.3, 0.4) is 0 Å². The van der Waals surface area contributed by atoms with Crippen molar-refractivity contribution in [3.63, 3.8) is 0 Å². The maximum Gasteiger partial charge on any atom is 0.358 e. The van der Waals surface area contributed by atoms with Gasteiger partial charge in [-0.1, -0.05) is 42.0 Å². The summed E-state index contributed by atoms with van der Waals surface area (Å²) in [6.07, 6.45) is 0. The maximum atomic E-state index is 12.1. The highest BCUT2D eigenvalue weighted by Gasteiger charge is 2.15. The minimum Gasteiger partial charge on any atom is -0.451 e. The van der Waals surface area contributed by atoms with Crippen molar-refractivity contribution in [3.05, 3.63) is 68.7 Å². The van der Waals surface area contributed by atoms with Gasteiger partial charge in [0, 0.05) is 14.5 Å². The molecular weight excluding hydrogens is 463 g/mol. The Labute approximate surface area is 168 Å². The molecule has 0 unspecified atom stereocenters. The van der Waals surface area contributed by atoms with Gasteiger partial charge in [-0.3, -0.25) is 4.79 Å². The first-order chi connectivity index (χ1) is 12.5. The van der Waals surface area contributed by atoms with Crippen LogP contribution < -0.4 is 5.32 Å². The monoisotopic (exact) mass is 478 g/mol. The van der Waals surface area contributed by atoms with Gasteiger partial charge < -0.3 is 10.1 Å². The zero-order valence-corrected chi connectivity index (χ0v) is 16.8. The van der Waals surface area contributed by atoms with Gasteiger partial charge in [0.1, 0.15) is 5.01 Å². The number of anilines is 1. The van der Waals surface area contributed by atoms with Crippen molar-refractivity contribution in [3.8, 4) is 10.6 Å². The van der Waals surface area contributed by atoms with Crippen molar-refractivity contribution in [1.29, 1.82) is 0 Å². The second-order valence-electron chi connectivity index (χ2n) is 5.51. The molecule has 3 rings (SSSR count). The fraction of sp³-hybridized carbons (Fsp3) is 0.105. The minimum absolute atomic E-state index is 0.202. The number of aryl methyl sites for hydroxylation is 1. The van der Waals surface area contributed by atoms with E-state index in [0.29, 0.717) is 5.69 Å². The number of halogens is 1. The molecule has 2 aromatic carbocycles. The summed E-state index contributed by atoms with van der Waals surface area (Å²) in [6, 6.07) is 15.3. The maximum absolute atomic E-state index is 12.1. The first-order valence-electron chi connectivity index (χ1n) is 7.77. The van der Waals surface area contributed by atoms with E-state index in [9.17, 15) is 9.59 Å². The van der Waals surface area contributed by atoms with Crippen LogP contribution in [0.15, 0.2) is 53.9 Å². The van der Waals surface area contributed by atoms with E-state index in [-0.39, 0.29) is 12.3 Å². The first-order valence-corrected chi connectivity index (χ1v) is 9.73. The van der Waals surface area contributed by atoms with E-state index in [1.54, 1.807) is 11.4 Å². The Morgan fingerprint density at radius 1 is 1.15 bits per heavy atom. The molecule has 5 nitrogen and oxygen atoms in total. The summed E-state index contributed by atoms with van der Waals surface area (Å²) in [5.41, 5.74) is 2.98. The molecule has 0 spiro atoms. The van der Waals surface area contributed by atoms with Gasteiger partial charge in [0.15, 0.2) is 12.3 Å². The van der Waals surface area contributed by atoms with Gasteiger partial charge in [0.05, 0.1) is 5.69 Å². The Balaban J connectivity index is 1.58. The smallest absolute Gasteiger partial charge is 0.358 e. The highest BCUT2D eigenvalue weighted by atomic mass is 127. The normalized spacial score (nSPS) is 10.4. The standard InChI is InChI=1S/C19H15IN2O3S/c1-12-6-8-13(9-7-12)18-22-16(11-26-18)19(24)25-10-17(23)21-15-5-3-2-4-14(15)20/h2-9,11H,10H2,1H3,(H,21,23). The van der Waals surface area contributed by atoms with Gasteiger partial charge in [-0.2, -0.15) is 0 Å². The van der Waals surface area contributed by atoms with Crippen LogP contribution >= 0.6 is 33.9 Å². The molecule has 1 N–H and O–H groups in total. The molecule has 0 aliphatic carbocycles. The zero-order chi connectivity index (χ0) is 18.5. The lowest BCUT2D eigenvalue weighted by atomic mass is 10.2. The molecule has 0 aliphatic heterocycles. The number of esters is 1. The summed E-state index contributed by atoms with van der Waals surface area (Å²) in [6.45, 7) is 1.65. The van der Waals surface area contributed by atoms with Crippen molar-refractivity contribution in [2.75, 3.05) is 11.9 Å². The van der Waals surface area contributed by atoms with E-state index in [4.69, 9.17) is 4.74 Å². The zero-order valence-electron chi connectivity index (χ0n) is 13.9. The Kier molecular flexibility index (Phi) is 6.00. The van der Waals surface area contributed by atoms with Crippen molar-refractivity contribution in [2.24, 2.45) is 0 Å². The second-order valence-corrected chi connectivity index (χ2v) is 7.53. The second kappa shape index (κ2) is 8.41. The predicted molar refractivity (Wildman–Crippen MR) is 110 cm³/mol. The van der Waals surface area contributed by atoms with Gasteiger partial charge in [-0.25, -0.2) is 9.78 Å². The van der Waals surface area contributed by atoms with Crippen molar-refractivity contribution in [1.82, 2.24) is 4.98 Å². The number of amides is 1. The number of benzene rings is 2. The van der Waals surface area contributed by atoms with Crippen LogP contribution in [-0.2, 0) is 9.53 Å². The van der Waals surface area contributed by atoms with Crippen molar-refractivity contribution >= 4 is 51.5 Å². The topological polar surface area (TPSA) is 68.3 Å². The Morgan fingerprint density at radius 2 is 1.88 bits per heavy atom. The number of carbonyl (C=O) groups excluding carboxylic acids is 2. The molecule has 0 saturated heterocycles. The lowest BCUT2D eigenvalue weighted by Gasteiger charge is -2.07. The number of carbonyl (C=O) groups is 2. The third-order valence-electron chi connectivity index (χ3n) is 3.49. The van der Waals surface area contributed by atoms with Gasteiger partial charge >= 0.3 is 5.97 Å². The largest absolute Gasteiger partial charge is 0.451 e. The third kappa shape index (κ3) is 4.67. The summed E-state index contributed by atoms with van der Waals surface area (Å²) in [4.78, 5) is 28.4. The molecule has 0 aliphatic rings. The van der Waals surface area contributed by atoms with Crippen LogP contribution in [0.5, 0.6) is 0 Å². The number of aromatic nitrogens is 1. The van der Waals surface area contributed by atoms with Crippen LogP contribution in [0.25, 0.3) is 10.6 Å². The van der Waals surface area contributed by atoms with E-state index < -0.39 is 11.9 Å². The third-order valence-corrected chi connectivity index (χ3v) is 5.33. The molecule has 3 aromatic rings. The van der Waals surface area contributed by atoms with E-state index in [2.05, 4.69) is 32.9 Å². The summed E-state index contributed by atoms with van der Waals surface area (Å²) >= 11 is 3.49. The van der Waals surface area contributed by atoms with Gasteiger partial charge in [0.2, 0.25) is 0 Å². The molecule has 0 atom stereocenters. The summed E-state index contributed by atoms with van der Waals surface area (Å²) < 4.78 is 5.97. The average molecular weight is 478 g/mol. The quantitative estimate of drug-likeness (QED) is 0.433. The Morgan fingerprint density at radius 3 is 2.62 bits per heavy atom. The van der Waals surface area contributed by atoms with E-state index in [1.807, 2.05) is 49.4 Å². The molecule has 7 heteroatoms. The lowest BCUT2D eigenvalue weighted by Crippen LogP contribution is -2.21. The number of hydrogen-bond acceptors (Lipinski definition) is 5. The number of nitrogens with one attached hydrogen (secondary N) is 1. The number of thiazole rings is 1. The minimum atomic E-state index is -0.613. The molecule has 26 heavy (non-hydrogen) atoms. The van der Waals surface area contributed by atoms with Crippen molar-refractivity contribution < 1.29 is 14.3 Å². The molecule has 1 amide bonds. The molecular formula is C19H15IN2O3S. The lowest BCUT2D eigenvalue weighted by molar-refractivity contribution is -0.119. The number of rotatable bonds is 5. The molecule has 0 saturated carbocycles. The highest BCUT2D eigenvalue weighted by Crippen LogP contribution is 2.24. The molecule has 132 valence electrons. The number of hydrogen-bond donors (Lipinski definition) is 1. The van der Waals surface area contributed by atoms with Gasteiger partial charge in [-0.05, 0) is 41.6 Å². The van der Waals surface area contributed by atoms with Gasteiger partial charge in [-0.15, -0.1) is 11.3 Å².